The van der Waals surface area contributed by atoms with Gasteiger partial charge in [-0.15, -0.1) is 0 Å². The Hall–Kier alpha value is -2.66. The number of esters is 2. The van der Waals surface area contributed by atoms with Crippen LogP contribution in [0.1, 0.15) is 25.3 Å². The highest BCUT2D eigenvalue weighted by atomic mass is 16.6. The molecule has 1 aliphatic rings. The quantitative estimate of drug-likeness (QED) is 0.304. The van der Waals surface area contributed by atoms with Gasteiger partial charge in [0.05, 0.1) is 13.2 Å². The fourth-order valence-corrected chi connectivity index (χ4v) is 1.36. The van der Waals surface area contributed by atoms with Crippen LogP contribution in [-0.2, 0) is 23.8 Å². The van der Waals surface area contributed by atoms with Gasteiger partial charge in [0.1, 0.15) is 12.7 Å². The normalized spacial score (nSPS) is 13.5. The number of unbranched alkanes of at least 4 members (excludes halogenated alkanes) is 1. The molecule has 1 aliphatic heterocycles. The van der Waals surface area contributed by atoms with Crippen molar-refractivity contribution in [1.82, 2.24) is 0 Å². The molecule has 142 valence electrons. The van der Waals surface area contributed by atoms with Crippen LogP contribution in [-0.4, -0.2) is 37.9 Å². The zero-order valence-electron chi connectivity index (χ0n) is 15.4. The SMILES string of the molecule is C=CC(=O)OCC1CO1.C=CC(=O)OCCCC.C=Cc1ccccc1. The molecule has 1 unspecified atom stereocenters. The van der Waals surface area contributed by atoms with Crippen LogP contribution in [0.5, 0.6) is 0 Å². The van der Waals surface area contributed by atoms with E-state index in [9.17, 15) is 9.59 Å². The highest BCUT2D eigenvalue weighted by Gasteiger charge is 2.23. The average Bonchev–Trinajstić information content (AvgIpc) is 3.52. The van der Waals surface area contributed by atoms with Crippen molar-refractivity contribution in [3.8, 4) is 0 Å². The lowest BCUT2D eigenvalue weighted by Crippen LogP contribution is -2.06. The molecule has 1 atom stereocenters. The molecule has 1 heterocycles. The first kappa shape index (κ1) is 23.3. The van der Waals surface area contributed by atoms with Crippen LogP contribution < -0.4 is 0 Å². The molecule has 1 aromatic carbocycles. The monoisotopic (exact) mass is 360 g/mol. The summed E-state index contributed by atoms with van der Waals surface area (Å²) in [6.45, 7) is 13.8. The van der Waals surface area contributed by atoms with E-state index in [1.165, 1.54) is 11.6 Å². The lowest BCUT2D eigenvalue weighted by Gasteiger charge is -1.97. The predicted octanol–water partition coefficient (Wildman–Crippen LogP) is 3.96. The van der Waals surface area contributed by atoms with Crippen molar-refractivity contribution in [3.63, 3.8) is 0 Å². The third kappa shape index (κ3) is 14.9. The van der Waals surface area contributed by atoms with Crippen molar-refractivity contribution in [2.45, 2.75) is 25.9 Å². The van der Waals surface area contributed by atoms with Gasteiger partial charge in [-0.3, -0.25) is 0 Å². The summed E-state index contributed by atoms with van der Waals surface area (Å²) in [4.78, 5) is 20.7. The number of epoxide rings is 1. The third-order valence-corrected chi connectivity index (χ3v) is 2.92. The van der Waals surface area contributed by atoms with Crippen molar-refractivity contribution in [2.24, 2.45) is 0 Å². The largest absolute Gasteiger partial charge is 0.463 e. The van der Waals surface area contributed by atoms with Crippen LogP contribution in [0.3, 0.4) is 0 Å². The van der Waals surface area contributed by atoms with Gasteiger partial charge in [0.25, 0.3) is 0 Å². The van der Waals surface area contributed by atoms with Gasteiger partial charge in [-0.05, 0) is 12.0 Å². The molecule has 5 heteroatoms. The summed E-state index contributed by atoms with van der Waals surface area (Å²) >= 11 is 0. The minimum absolute atomic E-state index is 0.147. The van der Waals surface area contributed by atoms with Gasteiger partial charge >= 0.3 is 11.9 Å². The van der Waals surface area contributed by atoms with E-state index >= 15 is 0 Å². The van der Waals surface area contributed by atoms with Crippen LogP contribution in [0.15, 0.2) is 62.2 Å². The van der Waals surface area contributed by atoms with Gasteiger partial charge in [-0.1, -0.05) is 69.5 Å². The zero-order valence-corrected chi connectivity index (χ0v) is 15.4. The predicted molar refractivity (Wildman–Crippen MR) is 103 cm³/mol. The number of ether oxygens (including phenoxy) is 3. The molecular weight excluding hydrogens is 332 g/mol. The molecule has 0 spiro atoms. The van der Waals surface area contributed by atoms with Crippen molar-refractivity contribution in [1.29, 1.82) is 0 Å². The summed E-state index contributed by atoms with van der Waals surface area (Å²) in [5, 5.41) is 0. The van der Waals surface area contributed by atoms with Gasteiger partial charge in [0, 0.05) is 12.2 Å². The molecule has 0 saturated carbocycles. The smallest absolute Gasteiger partial charge is 0.330 e. The maximum absolute atomic E-state index is 10.3. The van der Waals surface area contributed by atoms with Crippen LogP contribution in [0.25, 0.3) is 6.08 Å². The summed E-state index contributed by atoms with van der Waals surface area (Å²) in [6, 6.07) is 10.0. The number of hydrogen-bond donors (Lipinski definition) is 0. The second-order valence-corrected chi connectivity index (χ2v) is 5.13. The lowest BCUT2D eigenvalue weighted by atomic mass is 10.2. The molecule has 0 amide bonds. The van der Waals surface area contributed by atoms with Crippen molar-refractivity contribution >= 4 is 18.0 Å². The Balaban J connectivity index is 0.000000361. The molecular formula is C21H28O5. The standard InChI is InChI=1S/C8H8.C7H12O2.C6H8O3/c1-2-8-6-4-3-5-7-8;1-3-5-6-9-7(8)4-2;1-2-6(7)9-4-5-3-8-5/h2-7H,1H2;4H,2-3,5-6H2,1H3;2,5H,1,3-4H2. The van der Waals surface area contributed by atoms with E-state index in [2.05, 4.69) is 29.2 Å². The summed E-state index contributed by atoms with van der Waals surface area (Å²) < 4.78 is 14.1. The Morgan fingerprint density at radius 2 is 1.69 bits per heavy atom. The zero-order chi connectivity index (χ0) is 19.6. The molecule has 0 aromatic heterocycles. The average molecular weight is 360 g/mol. The Bertz CT molecular complexity index is 547. The molecule has 1 fully saturated rings. The van der Waals surface area contributed by atoms with Crippen molar-refractivity contribution in [2.75, 3.05) is 19.8 Å². The maximum atomic E-state index is 10.3. The Morgan fingerprint density at radius 1 is 1.12 bits per heavy atom. The molecule has 2 rings (SSSR count). The molecule has 1 saturated heterocycles. The van der Waals surface area contributed by atoms with Gasteiger partial charge in [-0.25, -0.2) is 9.59 Å². The van der Waals surface area contributed by atoms with E-state index in [1.807, 2.05) is 43.3 Å². The van der Waals surface area contributed by atoms with Crippen LogP contribution >= 0.6 is 0 Å². The van der Waals surface area contributed by atoms with Crippen LogP contribution in [0, 0.1) is 0 Å². The van der Waals surface area contributed by atoms with E-state index in [-0.39, 0.29) is 18.0 Å². The Morgan fingerprint density at radius 3 is 2.12 bits per heavy atom. The Labute approximate surface area is 156 Å². The molecule has 0 radical (unpaired) electrons. The molecule has 0 bridgehead atoms. The van der Waals surface area contributed by atoms with Crippen molar-refractivity contribution < 1.29 is 23.8 Å². The van der Waals surface area contributed by atoms with Gasteiger partial charge < -0.3 is 14.2 Å². The van der Waals surface area contributed by atoms with Gasteiger partial charge in [0.15, 0.2) is 0 Å². The third-order valence-electron chi connectivity index (χ3n) is 2.92. The number of carbonyl (C=O) groups excluding carboxylic acids is 2. The highest BCUT2D eigenvalue weighted by molar-refractivity contribution is 5.81. The lowest BCUT2D eigenvalue weighted by molar-refractivity contribution is -0.138. The second-order valence-electron chi connectivity index (χ2n) is 5.13. The number of benzene rings is 1. The first-order chi connectivity index (χ1) is 12.6. The highest BCUT2D eigenvalue weighted by Crippen LogP contribution is 2.08. The molecule has 26 heavy (non-hydrogen) atoms. The minimum atomic E-state index is -0.384. The van der Waals surface area contributed by atoms with Gasteiger partial charge in [0.2, 0.25) is 0 Å². The van der Waals surface area contributed by atoms with E-state index in [1.54, 1.807) is 0 Å². The first-order valence-electron chi connectivity index (χ1n) is 8.44. The van der Waals surface area contributed by atoms with E-state index < -0.39 is 0 Å². The number of hydrogen-bond acceptors (Lipinski definition) is 5. The fraction of sp³-hybridized carbons (Fsp3) is 0.333. The summed E-state index contributed by atoms with van der Waals surface area (Å²) in [7, 11) is 0. The van der Waals surface area contributed by atoms with E-state index in [0.29, 0.717) is 19.8 Å². The van der Waals surface area contributed by atoms with Crippen molar-refractivity contribution in [3.05, 3.63) is 67.8 Å². The minimum Gasteiger partial charge on any atom is -0.463 e. The molecule has 0 aliphatic carbocycles. The number of carbonyl (C=O) groups is 2. The van der Waals surface area contributed by atoms with Crippen LogP contribution in [0.2, 0.25) is 0 Å². The summed E-state index contributed by atoms with van der Waals surface area (Å²) in [5.74, 6) is -0.714. The first-order valence-corrected chi connectivity index (χ1v) is 8.44. The second kappa shape index (κ2) is 15.8. The molecule has 1 aromatic rings. The van der Waals surface area contributed by atoms with Crippen LogP contribution in [0.4, 0.5) is 0 Å². The molecule has 0 N–H and O–H groups in total. The summed E-state index contributed by atoms with van der Waals surface area (Å²) in [5.41, 5.74) is 1.17. The topological polar surface area (TPSA) is 65.1 Å². The fourth-order valence-electron chi connectivity index (χ4n) is 1.36. The number of rotatable bonds is 8. The van der Waals surface area contributed by atoms with E-state index in [0.717, 1.165) is 18.9 Å². The Kier molecular flexibility index (Phi) is 14.2. The molecule has 5 nitrogen and oxygen atoms in total. The maximum Gasteiger partial charge on any atom is 0.330 e. The van der Waals surface area contributed by atoms with E-state index in [4.69, 9.17) is 4.74 Å². The summed E-state index contributed by atoms with van der Waals surface area (Å²) in [6.07, 6.45) is 6.27. The van der Waals surface area contributed by atoms with Gasteiger partial charge in [-0.2, -0.15) is 0 Å².